The van der Waals surface area contributed by atoms with Crippen LogP contribution in [0.15, 0.2) is 18.2 Å². The zero-order chi connectivity index (χ0) is 13.5. The van der Waals surface area contributed by atoms with Crippen LogP contribution in [0.25, 0.3) is 0 Å². The second kappa shape index (κ2) is 7.55. The summed E-state index contributed by atoms with van der Waals surface area (Å²) in [6.45, 7) is 12.3. The van der Waals surface area contributed by atoms with Gasteiger partial charge in [-0.05, 0) is 63.6 Å². The van der Waals surface area contributed by atoms with Crippen molar-refractivity contribution in [3.8, 4) is 0 Å². The Labute approximate surface area is 112 Å². The van der Waals surface area contributed by atoms with E-state index in [1.165, 1.54) is 23.1 Å². The van der Waals surface area contributed by atoms with Gasteiger partial charge in [-0.15, -0.1) is 0 Å². The highest BCUT2D eigenvalue weighted by molar-refractivity contribution is 5.31. The summed E-state index contributed by atoms with van der Waals surface area (Å²) in [7, 11) is 2.06. The molecule has 0 spiro atoms. The van der Waals surface area contributed by atoms with Crippen molar-refractivity contribution >= 4 is 0 Å². The van der Waals surface area contributed by atoms with E-state index >= 15 is 0 Å². The lowest BCUT2D eigenvalue weighted by Crippen LogP contribution is -2.28. The van der Waals surface area contributed by atoms with Crippen LogP contribution in [0.2, 0.25) is 0 Å². The lowest BCUT2D eigenvalue weighted by atomic mass is 9.99. The first-order valence-electron chi connectivity index (χ1n) is 7.09. The molecule has 0 aromatic heterocycles. The molecule has 18 heavy (non-hydrogen) atoms. The summed E-state index contributed by atoms with van der Waals surface area (Å²) in [5.41, 5.74) is 4.17. The van der Waals surface area contributed by atoms with Gasteiger partial charge in [0.15, 0.2) is 0 Å². The smallest absolute Gasteiger partial charge is 0.0329 e. The third-order valence-corrected chi connectivity index (χ3v) is 3.91. The molecule has 0 radical (unpaired) electrons. The number of hydrogen-bond acceptors (Lipinski definition) is 2. The van der Waals surface area contributed by atoms with Crippen LogP contribution in [0.5, 0.6) is 0 Å². The molecule has 2 heteroatoms. The molecule has 0 bridgehead atoms. The molecule has 0 aliphatic carbocycles. The molecule has 1 aromatic rings. The zero-order valence-electron chi connectivity index (χ0n) is 12.6. The molecule has 1 rings (SSSR count). The summed E-state index contributed by atoms with van der Waals surface area (Å²) in [5.74, 6) is 0. The molecular formula is C16H28N2. The second-order valence-corrected chi connectivity index (χ2v) is 5.00. The highest BCUT2D eigenvalue weighted by Crippen LogP contribution is 2.20. The molecule has 0 saturated carbocycles. The monoisotopic (exact) mass is 248 g/mol. The van der Waals surface area contributed by atoms with Crippen molar-refractivity contribution in [2.45, 2.75) is 40.2 Å². The van der Waals surface area contributed by atoms with Crippen LogP contribution in [0.4, 0.5) is 0 Å². The van der Waals surface area contributed by atoms with Crippen LogP contribution < -0.4 is 5.32 Å². The molecule has 0 heterocycles. The van der Waals surface area contributed by atoms with Gasteiger partial charge in [0.2, 0.25) is 0 Å². The average Bonchev–Trinajstić information content (AvgIpc) is 2.38. The van der Waals surface area contributed by atoms with E-state index in [4.69, 9.17) is 0 Å². The molecule has 102 valence electrons. The maximum Gasteiger partial charge on any atom is 0.0329 e. The fraction of sp³-hybridized carbons (Fsp3) is 0.625. The minimum atomic E-state index is 0.463. The lowest BCUT2D eigenvalue weighted by molar-refractivity contribution is 0.284. The SMILES string of the molecule is CCN(CC)CCC(NC)c1ccc(C)c(C)c1. The van der Waals surface area contributed by atoms with Gasteiger partial charge in [-0.1, -0.05) is 32.0 Å². The van der Waals surface area contributed by atoms with Gasteiger partial charge in [0.05, 0.1) is 0 Å². The number of benzene rings is 1. The van der Waals surface area contributed by atoms with Gasteiger partial charge < -0.3 is 10.2 Å². The average molecular weight is 248 g/mol. The topological polar surface area (TPSA) is 15.3 Å². The maximum atomic E-state index is 3.44. The predicted octanol–water partition coefficient (Wildman–Crippen LogP) is 3.30. The van der Waals surface area contributed by atoms with E-state index in [1.807, 2.05) is 0 Å². The maximum absolute atomic E-state index is 3.44. The van der Waals surface area contributed by atoms with Gasteiger partial charge in [0.1, 0.15) is 0 Å². The highest BCUT2D eigenvalue weighted by Gasteiger charge is 2.11. The normalized spacial score (nSPS) is 13.0. The molecule has 1 unspecified atom stereocenters. The van der Waals surface area contributed by atoms with E-state index in [9.17, 15) is 0 Å². The van der Waals surface area contributed by atoms with E-state index in [0.29, 0.717) is 6.04 Å². The van der Waals surface area contributed by atoms with Gasteiger partial charge in [0.25, 0.3) is 0 Å². The Kier molecular flexibility index (Phi) is 6.37. The first kappa shape index (κ1) is 15.2. The first-order valence-corrected chi connectivity index (χ1v) is 7.09. The molecule has 2 nitrogen and oxygen atoms in total. The van der Waals surface area contributed by atoms with E-state index in [1.54, 1.807) is 0 Å². The number of aryl methyl sites for hydroxylation is 2. The van der Waals surface area contributed by atoms with Gasteiger partial charge in [-0.3, -0.25) is 0 Å². The summed E-state index contributed by atoms with van der Waals surface area (Å²) in [5, 5.41) is 3.44. The summed E-state index contributed by atoms with van der Waals surface area (Å²) in [6, 6.07) is 7.27. The number of rotatable bonds is 7. The molecule has 0 aliphatic rings. The second-order valence-electron chi connectivity index (χ2n) is 5.00. The third kappa shape index (κ3) is 4.11. The van der Waals surface area contributed by atoms with E-state index in [-0.39, 0.29) is 0 Å². The Hall–Kier alpha value is -0.860. The largest absolute Gasteiger partial charge is 0.313 e. The standard InChI is InChI=1S/C16H28N2/c1-6-18(7-2)11-10-16(17-5)15-9-8-13(3)14(4)12-15/h8-9,12,16-17H,6-7,10-11H2,1-5H3. The Morgan fingerprint density at radius 1 is 1.11 bits per heavy atom. The molecular weight excluding hydrogens is 220 g/mol. The molecule has 0 fully saturated rings. The van der Waals surface area contributed by atoms with Crippen molar-refractivity contribution in [1.82, 2.24) is 10.2 Å². The molecule has 0 aliphatic heterocycles. The summed E-state index contributed by atoms with van der Waals surface area (Å²) in [4.78, 5) is 2.48. The minimum Gasteiger partial charge on any atom is -0.313 e. The predicted molar refractivity (Wildman–Crippen MR) is 80.1 cm³/mol. The summed E-state index contributed by atoms with van der Waals surface area (Å²) in [6.07, 6.45) is 1.17. The van der Waals surface area contributed by atoms with E-state index in [0.717, 1.165) is 19.6 Å². The third-order valence-electron chi connectivity index (χ3n) is 3.91. The lowest BCUT2D eigenvalue weighted by Gasteiger charge is -2.23. The van der Waals surface area contributed by atoms with Crippen molar-refractivity contribution in [1.29, 1.82) is 0 Å². The van der Waals surface area contributed by atoms with Crippen LogP contribution >= 0.6 is 0 Å². The Morgan fingerprint density at radius 2 is 1.78 bits per heavy atom. The van der Waals surface area contributed by atoms with Crippen LogP contribution in [0, 0.1) is 13.8 Å². The zero-order valence-corrected chi connectivity index (χ0v) is 12.6. The van der Waals surface area contributed by atoms with Crippen LogP contribution in [0.1, 0.15) is 43.0 Å². The minimum absolute atomic E-state index is 0.463. The molecule has 1 N–H and O–H groups in total. The van der Waals surface area contributed by atoms with Crippen molar-refractivity contribution in [3.63, 3.8) is 0 Å². The number of nitrogens with one attached hydrogen (secondary N) is 1. The first-order chi connectivity index (χ1) is 8.62. The van der Waals surface area contributed by atoms with Crippen LogP contribution in [-0.4, -0.2) is 31.6 Å². The molecule has 1 aromatic carbocycles. The number of nitrogens with zero attached hydrogens (tertiary/aromatic N) is 1. The van der Waals surface area contributed by atoms with Crippen LogP contribution in [0.3, 0.4) is 0 Å². The fourth-order valence-corrected chi connectivity index (χ4v) is 2.31. The fourth-order valence-electron chi connectivity index (χ4n) is 2.31. The van der Waals surface area contributed by atoms with Crippen molar-refractivity contribution < 1.29 is 0 Å². The summed E-state index contributed by atoms with van der Waals surface area (Å²) < 4.78 is 0. The molecule has 0 saturated heterocycles. The highest BCUT2D eigenvalue weighted by atomic mass is 15.1. The van der Waals surface area contributed by atoms with Crippen molar-refractivity contribution in [2.75, 3.05) is 26.7 Å². The van der Waals surface area contributed by atoms with Gasteiger partial charge >= 0.3 is 0 Å². The van der Waals surface area contributed by atoms with Crippen LogP contribution in [-0.2, 0) is 0 Å². The summed E-state index contributed by atoms with van der Waals surface area (Å²) >= 11 is 0. The van der Waals surface area contributed by atoms with Crippen molar-refractivity contribution in [3.05, 3.63) is 34.9 Å². The number of hydrogen-bond donors (Lipinski definition) is 1. The molecule has 0 amide bonds. The van der Waals surface area contributed by atoms with Gasteiger partial charge in [0, 0.05) is 6.04 Å². The van der Waals surface area contributed by atoms with Crippen molar-refractivity contribution in [2.24, 2.45) is 0 Å². The Balaban J connectivity index is 2.67. The Bertz CT molecular complexity index is 356. The van der Waals surface area contributed by atoms with Gasteiger partial charge in [-0.25, -0.2) is 0 Å². The van der Waals surface area contributed by atoms with E-state index in [2.05, 4.69) is 63.2 Å². The van der Waals surface area contributed by atoms with Gasteiger partial charge in [-0.2, -0.15) is 0 Å². The molecule has 1 atom stereocenters. The van der Waals surface area contributed by atoms with E-state index < -0.39 is 0 Å². The quantitative estimate of drug-likeness (QED) is 0.796. The Morgan fingerprint density at radius 3 is 2.28 bits per heavy atom.